The fraction of sp³-hybridized carbons (Fsp3) is 0.611. The molecule has 2 fully saturated rings. The summed E-state index contributed by atoms with van der Waals surface area (Å²) < 4.78 is 5.44. The number of nitrogens with zero attached hydrogens (tertiary/aromatic N) is 1. The van der Waals surface area contributed by atoms with E-state index in [4.69, 9.17) is 4.74 Å². The lowest BCUT2D eigenvalue weighted by atomic mass is 9.71. The van der Waals surface area contributed by atoms with Crippen molar-refractivity contribution in [2.75, 3.05) is 26.2 Å². The number of ether oxygens (including phenoxy) is 1. The molecular weight excluding hydrogens is 312 g/mol. The number of carbonyl (C=O) groups excluding carboxylic acids is 1. The maximum atomic E-state index is 12.7. The lowest BCUT2D eigenvalue weighted by molar-refractivity contribution is 0.0495. The fourth-order valence-electron chi connectivity index (χ4n) is 4.13. The number of hydrogen-bond donors (Lipinski definition) is 1. The van der Waals surface area contributed by atoms with Crippen molar-refractivity contribution in [1.29, 1.82) is 0 Å². The molecule has 1 amide bonds. The standard InChI is InChI=1S/C18H24N2O2.ClH/c21-17(14-1-2-15-12-22-13-16(15)11-14)20-9-5-18(6-10-20)3-7-19-8-4-18;/h1-2,11,19H,3-10,12-13H2;1H. The zero-order valence-electron chi connectivity index (χ0n) is 13.5. The molecule has 3 aliphatic heterocycles. The first-order valence-electron chi connectivity index (χ1n) is 8.45. The van der Waals surface area contributed by atoms with Gasteiger partial charge in [-0.15, -0.1) is 12.4 Å². The van der Waals surface area contributed by atoms with Gasteiger partial charge in [0.1, 0.15) is 0 Å². The van der Waals surface area contributed by atoms with Crippen molar-refractivity contribution in [2.45, 2.75) is 38.9 Å². The van der Waals surface area contributed by atoms with Crippen LogP contribution >= 0.6 is 12.4 Å². The van der Waals surface area contributed by atoms with Gasteiger partial charge in [0, 0.05) is 18.7 Å². The highest BCUT2D eigenvalue weighted by molar-refractivity contribution is 5.94. The van der Waals surface area contributed by atoms with E-state index in [9.17, 15) is 4.79 Å². The molecule has 3 aliphatic rings. The molecule has 1 aromatic rings. The average Bonchev–Trinajstić information content (AvgIpc) is 3.03. The van der Waals surface area contributed by atoms with E-state index >= 15 is 0 Å². The maximum Gasteiger partial charge on any atom is 0.253 e. The van der Waals surface area contributed by atoms with E-state index in [1.54, 1.807) is 0 Å². The third kappa shape index (κ3) is 3.25. The largest absolute Gasteiger partial charge is 0.372 e. The summed E-state index contributed by atoms with van der Waals surface area (Å²) in [6.07, 6.45) is 4.86. The van der Waals surface area contributed by atoms with Gasteiger partial charge in [0.15, 0.2) is 0 Å². The molecule has 1 aromatic carbocycles. The number of carbonyl (C=O) groups is 1. The first kappa shape index (κ1) is 16.7. The zero-order chi connectivity index (χ0) is 15.0. The summed E-state index contributed by atoms with van der Waals surface area (Å²) in [6, 6.07) is 6.04. The van der Waals surface area contributed by atoms with E-state index in [0.29, 0.717) is 18.6 Å². The Morgan fingerprint density at radius 2 is 1.74 bits per heavy atom. The minimum atomic E-state index is 0. The zero-order valence-corrected chi connectivity index (χ0v) is 14.3. The van der Waals surface area contributed by atoms with E-state index in [0.717, 1.165) is 44.6 Å². The molecule has 23 heavy (non-hydrogen) atoms. The summed E-state index contributed by atoms with van der Waals surface area (Å²) in [7, 11) is 0. The molecule has 4 rings (SSSR count). The maximum absolute atomic E-state index is 12.7. The molecule has 0 radical (unpaired) electrons. The third-order valence-corrected chi connectivity index (χ3v) is 5.74. The predicted molar refractivity (Wildman–Crippen MR) is 91.9 cm³/mol. The second-order valence-corrected chi connectivity index (χ2v) is 7.02. The van der Waals surface area contributed by atoms with E-state index in [1.807, 2.05) is 23.1 Å². The van der Waals surface area contributed by atoms with Gasteiger partial charge in [0.25, 0.3) is 5.91 Å². The first-order valence-corrected chi connectivity index (χ1v) is 8.45. The average molecular weight is 337 g/mol. The Morgan fingerprint density at radius 3 is 2.48 bits per heavy atom. The lowest BCUT2D eigenvalue weighted by Crippen LogP contribution is -2.47. The molecule has 0 aliphatic carbocycles. The van der Waals surface area contributed by atoms with Crippen molar-refractivity contribution < 1.29 is 9.53 Å². The lowest BCUT2D eigenvalue weighted by Gasteiger charge is -2.44. The Morgan fingerprint density at radius 1 is 1.04 bits per heavy atom. The minimum Gasteiger partial charge on any atom is -0.372 e. The van der Waals surface area contributed by atoms with Gasteiger partial charge in [-0.25, -0.2) is 0 Å². The summed E-state index contributed by atoms with van der Waals surface area (Å²) in [5.41, 5.74) is 3.72. The summed E-state index contributed by atoms with van der Waals surface area (Å²) in [6.45, 7) is 5.42. The van der Waals surface area contributed by atoms with Crippen LogP contribution in [0, 0.1) is 5.41 Å². The molecule has 3 heterocycles. The smallest absolute Gasteiger partial charge is 0.253 e. The van der Waals surface area contributed by atoms with Crippen molar-refractivity contribution in [2.24, 2.45) is 5.41 Å². The van der Waals surface area contributed by atoms with E-state index in [1.165, 1.54) is 24.0 Å². The van der Waals surface area contributed by atoms with Gasteiger partial charge in [-0.05, 0) is 67.4 Å². The number of rotatable bonds is 1. The Kier molecular flexibility index (Phi) is 4.95. The van der Waals surface area contributed by atoms with Crippen LogP contribution in [0.15, 0.2) is 18.2 Å². The van der Waals surface area contributed by atoms with E-state index in [-0.39, 0.29) is 18.3 Å². The van der Waals surface area contributed by atoms with Crippen LogP contribution in [0.2, 0.25) is 0 Å². The summed E-state index contributed by atoms with van der Waals surface area (Å²) in [5.74, 6) is 0.193. The van der Waals surface area contributed by atoms with Crippen LogP contribution in [-0.2, 0) is 18.0 Å². The number of nitrogens with one attached hydrogen (secondary N) is 1. The quantitative estimate of drug-likeness (QED) is 0.857. The van der Waals surface area contributed by atoms with Gasteiger partial charge < -0.3 is 15.0 Å². The highest BCUT2D eigenvalue weighted by Gasteiger charge is 2.36. The first-order chi connectivity index (χ1) is 10.8. The van der Waals surface area contributed by atoms with Crippen LogP contribution in [0.1, 0.15) is 47.2 Å². The van der Waals surface area contributed by atoms with Gasteiger partial charge in [-0.2, -0.15) is 0 Å². The second kappa shape index (κ2) is 6.80. The second-order valence-electron chi connectivity index (χ2n) is 7.02. The van der Waals surface area contributed by atoms with Gasteiger partial charge in [-0.1, -0.05) is 6.07 Å². The van der Waals surface area contributed by atoms with Crippen LogP contribution < -0.4 is 5.32 Å². The Labute approximate surface area is 144 Å². The highest BCUT2D eigenvalue weighted by atomic mass is 35.5. The Balaban J connectivity index is 0.00000156. The summed E-state index contributed by atoms with van der Waals surface area (Å²) >= 11 is 0. The molecule has 1 N–H and O–H groups in total. The van der Waals surface area contributed by atoms with E-state index in [2.05, 4.69) is 5.32 Å². The van der Waals surface area contributed by atoms with Crippen molar-refractivity contribution in [3.8, 4) is 0 Å². The number of benzene rings is 1. The van der Waals surface area contributed by atoms with Crippen molar-refractivity contribution in [3.63, 3.8) is 0 Å². The molecule has 0 atom stereocenters. The van der Waals surface area contributed by atoms with Gasteiger partial charge in [0.05, 0.1) is 13.2 Å². The number of amides is 1. The van der Waals surface area contributed by atoms with Gasteiger partial charge >= 0.3 is 0 Å². The molecule has 0 saturated carbocycles. The minimum absolute atomic E-state index is 0. The van der Waals surface area contributed by atoms with Crippen molar-refractivity contribution in [3.05, 3.63) is 34.9 Å². The van der Waals surface area contributed by atoms with Crippen LogP contribution in [0.25, 0.3) is 0 Å². The normalized spacial score (nSPS) is 22.5. The molecular formula is C18H25ClN2O2. The number of likely N-dealkylation sites (tertiary alicyclic amines) is 1. The SMILES string of the molecule is Cl.O=C(c1ccc2c(c1)COC2)N1CCC2(CCNCC2)CC1. The molecule has 0 aromatic heterocycles. The Bertz CT molecular complexity index is 574. The van der Waals surface area contributed by atoms with Gasteiger partial charge in [-0.3, -0.25) is 4.79 Å². The van der Waals surface area contributed by atoms with E-state index < -0.39 is 0 Å². The molecule has 0 bridgehead atoms. The number of piperidine rings is 2. The summed E-state index contributed by atoms with van der Waals surface area (Å²) in [5, 5.41) is 3.45. The summed E-state index contributed by atoms with van der Waals surface area (Å²) in [4.78, 5) is 14.8. The third-order valence-electron chi connectivity index (χ3n) is 5.74. The molecule has 5 heteroatoms. The number of halogens is 1. The van der Waals surface area contributed by atoms with Crippen LogP contribution in [0.4, 0.5) is 0 Å². The van der Waals surface area contributed by atoms with Crippen LogP contribution in [0.3, 0.4) is 0 Å². The van der Waals surface area contributed by atoms with Crippen LogP contribution in [-0.4, -0.2) is 37.0 Å². The molecule has 2 saturated heterocycles. The predicted octanol–water partition coefficient (Wildman–Crippen LogP) is 2.74. The Hall–Kier alpha value is -1.10. The fourth-order valence-corrected chi connectivity index (χ4v) is 4.13. The molecule has 0 unspecified atom stereocenters. The number of hydrogen-bond acceptors (Lipinski definition) is 3. The topological polar surface area (TPSA) is 41.6 Å². The monoisotopic (exact) mass is 336 g/mol. The number of fused-ring (bicyclic) bond motifs is 1. The van der Waals surface area contributed by atoms with Crippen molar-refractivity contribution >= 4 is 18.3 Å². The molecule has 4 nitrogen and oxygen atoms in total. The molecule has 126 valence electrons. The van der Waals surface area contributed by atoms with Crippen molar-refractivity contribution in [1.82, 2.24) is 10.2 Å². The van der Waals surface area contributed by atoms with Crippen LogP contribution in [0.5, 0.6) is 0 Å². The van der Waals surface area contributed by atoms with Gasteiger partial charge in [0.2, 0.25) is 0 Å². The molecule has 1 spiro atoms. The highest BCUT2D eigenvalue weighted by Crippen LogP contribution is 2.39.